The van der Waals surface area contributed by atoms with Crippen molar-refractivity contribution in [2.24, 2.45) is 0 Å². The number of anilines is 1. The van der Waals surface area contributed by atoms with Crippen molar-refractivity contribution in [2.45, 2.75) is 26.4 Å². The molecule has 10 heteroatoms. The van der Waals surface area contributed by atoms with Crippen LogP contribution in [0.15, 0.2) is 17.0 Å². The number of aromatic carboxylic acids is 1. The Balaban J connectivity index is 1.79. The molecule has 9 nitrogen and oxygen atoms in total. The van der Waals surface area contributed by atoms with Crippen molar-refractivity contribution < 1.29 is 19.4 Å². The van der Waals surface area contributed by atoms with Crippen molar-refractivity contribution in [3.63, 3.8) is 0 Å². The molecule has 2 aromatic heterocycles. The number of carbonyl (C=O) groups excluding carboxylic acids is 1. The molecule has 1 aliphatic heterocycles. The molecular formula is C16H20BrN5O4. The van der Waals surface area contributed by atoms with Crippen molar-refractivity contribution in [1.29, 1.82) is 0 Å². The minimum absolute atomic E-state index is 0.0430. The van der Waals surface area contributed by atoms with Crippen LogP contribution in [0.4, 0.5) is 10.6 Å². The van der Waals surface area contributed by atoms with E-state index >= 15 is 0 Å². The van der Waals surface area contributed by atoms with Gasteiger partial charge in [0.2, 0.25) is 0 Å². The van der Waals surface area contributed by atoms with Crippen LogP contribution in [-0.4, -0.2) is 68.2 Å². The van der Waals surface area contributed by atoms with Gasteiger partial charge in [-0.25, -0.2) is 19.6 Å². The van der Waals surface area contributed by atoms with Crippen LogP contribution in [0.1, 0.15) is 31.3 Å². The van der Waals surface area contributed by atoms with Gasteiger partial charge in [0, 0.05) is 38.6 Å². The van der Waals surface area contributed by atoms with Gasteiger partial charge in [0.05, 0.1) is 0 Å². The number of carbonyl (C=O) groups is 2. The molecule has 140 valence electrons. The van der Waals surface area contributed by atoms with Crippen molar-refractivity contribution >= 4 is 39.5 Å². The van der Waals surface area contributed by atoms with E-state index in [0.29, 0.717) is 42.2 Å². The van der Waals surface area contributed by atoms with E-state index in [1.165, 1.54) is 6.20 Å². The summed E-state index contributed by atoms with van der Waals surface area (Å²) in [6.45, 7) is 7.58. The number of carboxylic acids is 1. The third-order valence-corrected chi connectivity index (χ3v) is 4.22. The number of aromatic nitrogens is 3. The van der Waals surface area contributed by atoms with Crippen LogP contribution >= 0.6 is 15.9 Å². The monoisotopic (exact) mass is 425 g/mol. The van der Waals surface area contributed by atoms with Crippen molar-refractivity contribution in [3.05, 3.63) is 22.7 Å². The molecule has 0 aromatic carbocycles. The van der Waals surface area contributed by atoms with E-state index < -0.39 is 11.6 Å². The molecule has 1 fully saturated rings. The standard InChI is InChI=1S/C16H20BrN5O4/c1-16(2,3)26-15(25)21-6-4-20(5-7-21)13-12-18-10(14(23)24)8-22(12)9-11(17)19-13/h8-9H,4-7H2,1-3H3,(H,23,24). The second-order valence-corrected chi connectivity index (χ2v) is 7.82. The third kappa shape index (κ3) is 3.90. The largest absolute Gasteiger partial charge is 0.476 e. The highest BCUT2D eigenvalue weighted by molar-refractivity contribution is 9.10. The molecule has 3 heterocycles. The molecule has 0 bridgehead atoms. The fourth-order valence-electron chi connectivity index (χ4n) is 2.69. The predicted octanol–water partition coefficient (Wildman–Crippen LogP) is 2.25. The predicted molar refractivity (Wildman–Crippen MR) is 97.7 cm³/mol. The summed E-state index contributed by atoms with van der Waals surface area (Å²) in [6.07, 6.45) is 2.78. The maximum atomic E-state index is 12.2. The SMILES string of the molecule is CC(C)(C)OC(=O)N1CCN(c2nc(Br)cn3cc(C(=O)O)nc23)CC1. The molecule has 0 radical (unpaired) electrons. The number of amides is 1. The van der Waals surface area contributed by atoms with Crippen LogP contribution in [0.3, 0.4) is 0 Å². The van der Waals surface area contributed by atoms with Crippen LogP contribution in [0.25, 0.3) is 5.65 Å². The highest BCUT2D eigenvalue weighted by Crippen LogP contribution is 2.24. The van der Waals surface area contributed by atoms with Gasteiger partial charge in [0.15, 0.2) is 17.2 Å². The summed E-state index contributed by atoms with van der Waals surface area (Å²) in [5, 5.41) is 9.17. The van der Waals surface area contributed by atoms with E-state index in [9.17, 15) is 9.59 Å². The van der Waals surface area contributed by atoms with Crippen molar-refractivity contribution in [3.8, 4) is 0 Å². The molecule has 0 saturated carbocycles. The number of fused-ring (bicyclic) bond motifs is 1. The summed E-state index contributed by atoms with van der Waals surface area (Å²) >= 11 is 3.35. The van der Waals surface area contributed by atoms with Crippen LogP contribution in [-0.2, 0) is 4.74 Å². The Morgan fingerprint density at radius 1 is 1.15 bits per heavy atom. The lowest BCUT2D eigenvalue weighted by Crippen LogP contribution is -2.50. The van der Waals surface area contributed by atoms with Gasteiger partial charge in [-0.2, -0.15) is 0 Å². The molecule has 2 aromatic rings. The highest BCUT2D eigenvalue weighted by Gasteiger charge is 2.28. The Morgan fingerprint density at radius 2 is 1.81 bits per heavy atom. The number of hydrogen-bond donors (Lipinski definition) is 1. The van der Waals surface area contributed by atoms with Crippen molar-refractivity contribution in [1.82, 2.24) is 19.3 Å². The van der Waals surface area contributed by atoms with Gasteiger partial charge in [-0.3, -0.25) is 0 Å². The van der Waals surface area contributed by atoms with E-state index in [2.05, 4.69) is 25.9 Å². The van der Waals surface area contributed by atoms with Gasteiger partial charge in [-0.15, -0.1) is 0 Å². The molecule has 1 N–H and O–H groups in total. The normalized spacial score (nSPS) is 15.4. The molecule has 0 aliphatic carbocycles. The number of piperazine rings is 1. The first kappa shape index (κ1) is 18.4. The first-order chi connectivity index (χ1) is 12.1. The number of nitrogens with zero attached hydrogens (tertiary/aromatic N) is 5. The zero-order valence-electron chi connectivity index (χ0n) is 14.8. The van der Waals surface area contributed by atoms with E-state index in [-0.39, 0.29) is 11.8 Å². The van der Waals surface area contributed by atoms with Crippen molar-refractivity contribution in [2.75, 3.05) is 31.1 Å². The Kier molecular flexibility index (Phi) is 4.78. The lowest BCUT2D eigenvalue weighted by atomic mass is 10.2. The first-order valence-corrected chi connectivity index (χ1v) is 8.95. The summed E-state index contributed by atoms with van der Waals surface area (Å²) in [6, 6.07) is 0. The Labute approximate surface area is 158 Å². The zero-order chi connectivity index (χ0) is 19.1. The van der Waals surface area contributed by atoms with Crippen LogP contribution in [0.5, 0.6) is 0 Å². The quantitative estimate of drug-likeness (QED) is 0.786. The van der Waals surface area contributed by atoms with Gasteiger partial charge in [0.25, 0.3) is 0 Å². The second kappa shape index (κ2) is 6.75. The van der Waals surface area contributed by atoms with E-state index in [1.54, 1.807) is 15.5 Å². The van der Waals surface area contributed by atoms with E-state index in [0.717, 1.165) is 0 Å². The number of hydrogen-bond acceptors (Lipinski definition) is 6. The lowest BCUT2D eigenvalue weighted by Gasteiger charge is -2.36. The van der Waals surface area contributed by atoms with Gasteiger partial charge in [-0.05, 0) is 36.7 Å². The van der Waals surface area contributed by atoms with Gasteiger partial charge in [-0.1, -0.05) is 0 Å². The molecule has 26 heavy (non-hydrogen) atoms. The molecule has 0 unspecified atom stereocenters. The third-order valence-electron chi connectivity index (χ3n) is 3.84. The Hall–Kier alpha value is -2.36. The minimum atomic E-state index is -1.09. The average Bonchev–Trinajstić information content (AvgIpc) is 2.96. The van der Waals surface area contributed by atoms with E-state index in [4.69, 9.17) is 9.84 Å². The topological polar surface area (TPSA) is 100 Å². The number of halogens is 1. The Bertz CT molecular complexity index is 852. The summed E-state index contributed by atoms with van der Waals surface area (Å²) in [5.41, 5.74) is -0.107. The molecule has 1 saturated heterocycles. The molecule has 0 spiro atoms. The van der Waals surface area contributed by atoms with Crippen LogP contribution in [0, 0.1) is 0 Å². The molecule has 0 atom stereocenters. The van der Waals surface area contributed by atoms with Gasteiger partial charge >= 0.3 is 12.1 Å². The number of rotatable bonds is 2. The Morgan fingerprint density at radius 3 is 2.38 bits per heavy atom. The van der Waals surface area contributed by atoms with Crippen LogP contribution in [0.2, 0.25) is 0 Å². The fraction of sp³-hybridized carbons (Fsp3) is 0.500. The summed E-state index contributed by atoms with van der Waals surface area (Å²) < 4.78 is 7.61. The smallest absolute Gasteiger partial charge is 0.410 e. The van der Waals surface area contributed by atoms with Crippen LogP contribution < -0.4 is 4.90 Å². The van der Waals surface area contributed by atoms with Gasteiger partial charge < -0.3 is 24.0 Å². The van der Waals surface area contributed by atoms with E-state index in [1.807, 2.05) is 25.7 Å². The summed E-state index contributed by atoms with van der Waals surface area (Å²) in [5.74, 6) is -0.513. The van der Waals surface area contributed by atoms with Gasteiger partial charge in [0.1, 0.15) is 10.2 Å². The zero-order valence-corrected chi connectivity index (χ0v) is 16.4. The maximum Gasteiger partial charge on any atom is 0.410 e. The minimum Gasteiger partial charge on any atom is -0.476 e. The molecular weight excluding hydrogens is 406 g/mol. The highest BCUT2D eigenvalue weighted by atomic mass is 79.9. The maximum absolute atomic E-state index is 12.2. The number of imidazole rings is 1. The summed E-state index contributed by atoms with van der Waals surface area (Å²) in [4.78, 5) is 35.6. The second-order valence-electron chi connectivity index (χ2n) is 7.00. The number of carboxylic acid groups (broad SMARTS) is 1. The number of ether oxygens (including phenoxy) is 1. The fourth-order valence-corrected chi connectivity index (χ4v) is 3.08. The molecule has 3 rings (SSSR count). The summed E-state index contributed by atoms with van der Waals surface area (Å²) in [7, 11) is 0. The molecule has 1 amide bonds. The molecule has 1 aliphatic rings. The first-order valence-electron chi connectivity index (χ1n) is 8.15. The lowest BCUT2D eigenvalue weighted by molar-refractivity contribution is 0.0240. The average molecular weight is 426 g/mol.